The number of nitrogens with zero attached hydrogens (tertiary/aromatic N) is 3. The lowest BCUT2D eigenvalue weighted by molar-refractivity contribution is -0.137. The van der Waals surface area contributed by atoms with Crippen LogP contribution >= 0.6 is 0 Å². The van der Waals surface area contributed by atoms with Gasteiger partial charge in [-0.05, 0) is 44.2 Å². The van der Waals surface area contributed by atoms with Crippen LogP contribution in [0.4, 0.5) is 18.9 Å². The molecule has 4 nitrogen and oxygen atoms in total. The maximum absolute atomic E-state index is 13.0. The lowest BCUT2D eigenvalue weighted by atomic mass is 10.1. The Balaban J connectivity index is 1.70. The smallest absolute Gasteiger partial charge is 0.325 e. The van der Waals surface area contributed by atoms with Gasteiger partial charge in [0.15, 0.2) is 0 Å². The summed E-state index contributed by atoms with van der Waals surface area (Å²) in [5, 5.41) is 0. The second-order valence-electron chi connectivity index (χ2n) is 7.38. The minimum Gasteiger partial charge on any atom is -0.325 e. The predicted octanol–water partition coefficient (Wildman–Crippen LogP) is 5.16. The van der Waals surface area contributed by atoms with Gasteiger partial charge in [-0.1, -0.05) is 18.2 Å². The molecule has 146 valence electrons. The number of fused-ring (bicyclic) bond motifs is 1. The third-order valence-electron chi connectivity index (χ3n) is 5.11. The molecule has 1 aromatic heterocycles. The Bertz CT molecular complexity index is 1040. The zero-order chi connectivity index (χ0) is 20.1. The second-order valence-corrected chi connectivity index (χ2v) is 7.38. The molecule has 1 atom stereocenters. The maximum atomic E-state index is 13.0. The zero-order valence-corrected chi connectivity index (χ0v) is 15.6. The standard InChI is InChI=1S/C21H20F3N3O/c1-13(2)27-18-9-4-3-8-17(18)25-20(27)14-10-19(28)26(12-14)16-7-5-6-15(11-16)21(22,23)24/h3-9,11,13-14H,10,12H2,1-2H3/t14-/m1/s1. The van der Waals surface area contributed by atoms with Gasteiger partial charge >= 0.3 is 6.18 Å². The first-order valence-corrected chi connectivity index (χ1v) is 9.20. The molecule has 28 heavy (non-hydrogen) atoms. The van der Waals surface area contributed by atoms with E-state index >= 15 is 0 Å². The number of imidazole rings is 1. The van der Waals surface area contributed by atoms with Crippen LogP contribution in [0.25, 0.3) is 11.0 Å². The Morgan fingerprint density at radius 1 is 1.11 bits per heavy atom. The predicted molar refractivity (Wildman–Crippen MR) is 101 cm³/mol. The van der Waals surface area contributed by atoms with E-state index in [9.17, 15) is 18.0 Å². The lowest BCUT2D eigenvalue weighted by Crippen LogP contribution is -2.25. The van der Waals surface area contributed by atoms with Crippen LogP contribution in [0.2, 0.25) is 0 Å². The number of aromatic nitrogens is 2. The van der Waals surface area contributed by atoms with E-state index in [1.807, 2.05) is 24.3 Å². The van der Waals surface area contributed by atoms with Crippen LogP contribution in [0, 0.1) is 0 Å². The SMILES string of the molecule is CC(C)n1c([C@@H]2CC(=O)N(c3cccc(C(F)(F)F)c3)C2)nc2ccccc21. The fraction of sp³-hybridized carbons (Fsp3) is 0.333. The fourth-order valence-electron chi connectivity index (χ4n) is 3.87. The van der Waals surface area contributed by atoms with Crippen molar-refractivity contribution in [2.75, 3.05) is 11.4 Å². The van der Waals surface area contributed by atoms with Crippen LogP contribution in [0.3, 0.4) is 0 Å². The first kappa shape index (κ1) is 18.5. The van der Waals surface area contributed by atoms with Gasteiger partial charge < -0.3 is 9.47 Å². The van der Waals surface area contributed by atoms with Crippen molar-refractivity contribution in [1.29, 1.82) is 0 Å². The number of amides is 1. The first-order valence-electron chi connectivity index (χ1n) is 9.20. The summed E-state index contributed by atoms with van der Waals surface area (Å²) < 4.78 is 41.2. The van der Waals surface area contributed by atoms with E-state index in [4.69, 9.17) is 4.98 Å². The summed E-state index contributed by atoms with van der Waals surface area (Å²) in [6.45, 7) is 4.42. The molecule has 4 rings (SSSR count). The number of carbonyl (C=O) groups is 1. The van der Waals surface area contributed by atoms with Crippen LogP contribution in [0.15, 0.2) is 48.5 Å². The molecule has 0 saturated carbocycles. The summed E-state index contributed by atoms with van der Waals surface area (Å²) in [4.78, 5) is 18.8. The van der Waals surface area contributed by atoms with Gasteiger partial charge in [-0.25, -0.2) is 4.98 Å². The van der Waals surface area contributed by atoms with Crippen LogP contribution in [-0.2, 0) is 11.0 Å². The number of halogens is 3. The normalized spacial score (nSPS) is 17.9. The highest BCUT2D eigenvalue weighted by molar-refractivity contribution is 5.96. The molecule has 0 radical (unpaired) electrons. The molecule has 2 heterocycles. The van der Waals surface area contributed by atoms with E-state index in [1.54, 1.807) is 6.07 Å². The number of para-hydroxylation sites is 2. The van der Waals surface area contributed by atoms with Crippen molar-refractivity contribution < 1.29 is 18.0 Å². The van der Waals surface area contributed by atoms with E-state index in [2.05, 4.69) is 18.4 Å². The van der Waals surface area contributed by atoms with Crippen molar-refractivity contribution in [3.8, 4) is 0 Å². The zero-order valence-electron chi connectivity index (χ0n) is 15.6. The summed E-state index contributed by atoms with van der Waals surface area (Å²) in [6, 6.07) is 12.9. The molecule has 1 aliphatic rings. The minimum absolute atomic E-state index is 0.153. The number of carbonyl (C=O) groups excluding carboxylic acids is 1. The molecule has 0 aliphatic carbocycles. The average molecular weight is 387 g/mol. The highest BCUT2D eigenvalue weighted by atomic mass is 19.4. The summed E-state index contributed by atoms with van der Waals surface area (Å²) in [5.41, 5.74) is 1.37. The molecular formula is C21H20F3N3O. The van der Waals surface area contributed by atoms with Crippen LogP contribution in [0.1, 0.15) is 43.6 Å². The van der Waals surface area contributed by atoms with Gasteiger partial charge in [0.1, 0.15) is 5.82 Å². The summed E-state index contributed by atoms with van der Waals surface area (Å²) >= 11 is 0. The Morgan fingerprint density at radius 3 is 2.57 bits per heavy atom. The van der Waals surface area contributed by atoms with Gasteiger partial charge in [-0.3, -0.25) is 4.79 Å². The van der Waals surface area contributed by atoms with Gasteiger partial charge in [0.05, 0.1) is 16.6 Å². The van der Waals surface area contributed by atoms with Gasteiger partial charge in [0.2, 0.25) is 5.91 Å². The van der Waals surface area contributed by atoms with Gasteiger partial charge in [-0.2, -0.15) is 13.2 Å². The molecule has 1 saturated heterocycles. The topological polar surface area (TPSA) is 38.1 Å². The molecule has 3 aromatic rings. The summed E-state index contributed by atoms with van der Waals surface area (Å²) in [5.74, 6) is 0.447. The van der Waals surface area contributed by atoms with E-state index in [0.29, 0.717) is 6.54 Å². The fourth-order valence-corrected chi connectivity index (χ4v) is 3.87. The average Bonchev–Trinajstić information content (AvgIpc) is 3.21. The van der Waals surface area contributed by atoms with Crippen molar-refractivity contribution >= 4 is 22.6 Å². The minimum atomic E-state index is -4.44. The number of anilines is 1. The quantitative estimate of drug-likeness (QED) is 0.623. The molecule has 0 unspecified atom stereocenters. The molecular weight excluding hydrogens is 367 g/mol. The molecule has 0 bridgehead atoms. The van der Waals surface area contributed by atoms with Crippen LogP contribution in [0.5, 0.6) is 0 Å². The number of hydrogen-bond donors (Lipinski definition) is 0. The third-order valence-corrected chi connectivity index (χ3v) is 5.11. The monoisotopic (exact) mass is 387 g/mol. The Hall–Kier alpha value is -2.83. The largest absolute Gasteiger partial charge is 0.416 e. The molecule has 0 spiro atoms. The molecule has 1 fully saturated rings. The maximum Gasteiger partial charge on any atom is 0.416 e. The number of alkyl halides is 3. The lowest BCUT2D eigenvalue weighted by Gasteiger charge is -2.19. The Kier molecular flexibility index (Phi) is 4.40. The van der Waals surface area contributed by atoms with Crippen molar-refractivity contribution in [1.82, 2.24) is 9.55 Å². The number of benzene rings is 2. The highest BCUT2D eigenvalue weighted by Gasteiger charge is 2.36. The van der Waals surface area contributed by atoms with Crippen LogP contribution in [-0.4, -0.2) is 22.0 Å². The van der Waals surface area contributed by atoms with Crippen molar-refractivity contribution in [3.63, 3.8) is 0 Å². The van der Waals surface area contributed by atoms with E-state index in [1.165, 1.54) is 11.0 Å². The van der Waals surface area contributed by atoms with Gasteiger partial charge in [0, 0.05) is 30.6 Å². The van der Waals surface area contributed by atoms with E-state index in [-0.39, 0.29) is 30.0 Å². The molecule has 1 amide bonds. The number of hydrogen-bond acceptors (Lipinski definition) is 2. The third kappa shape index (κ3) is 3.15. The molecule has 0 N–H and O–H groups in total. The first-order chi connectivity index (χ1) is 13.3. The van der Waals surface area contributed by atoms with Gasteiger partial charge in [0.25, 0.3) is 0 Å². The molecule has 7 heteroatoms. The summed E-state index contributed by atoms with van der Waals surface area (Å²) in [6.07, 6.45) is -4.21. The van der Waals surface area contributed by atoms with Crippen LogP contribution < -0.4 is 4.90 Å². The second kappa shape index (κ2) is 6.65. The Labute approximate surface area is 160 Å². The number of rotatable bonds is 3. The molecule has 2 aromatic carbocycles. The Morgan fingerprint density at radius 2 is 1.86 bits per heavy atom. The van der Waals surface area contributed by atoms with Crippen molar-refractivity contribution in [3.05, 3.63) is 59.9 Å². The highest BCUT2D eigenvalue weighted by Crippen LogP contribution is 2.37. The van der Waals surface area contributed by atoms with Crippen molar-refractivity contribution in [2.24, 2.45) is 0 Å². The van der Waals surface area contributed by atoms with E-state index in [0.717, 1.165) is 29.0 Å². The summed E-state index contributed by atoms with van der Waals surface area (Å²) in [7, 11) is 0. The van der Waals surface area contributed by atoms with Crippen molar-refractivity contribution in [2.45, 2.75) is 38.4 Å². The molecule has 1 aliphatic heterocycles. The van der Waals surface area contributed by atoms with E-state index < -0.39 is 11.7 Å². The van der Waals surface area contributed by atoms with Gasteiger partial charge in [-0.15, -0.1) is 0 Å².